The summed E-state index contributed by atoms with van der Waals surface area (Å²) in [5.41, 5.74) is 1.16. The first kappa shape index (κ1) is 16.1. The van der Waals surface area contributed by atoms with Crippen LogP contribution in [0.5, 0.6) is 0 Å². The lowest BCUT2D eigenvalue weighted by molar-refractivity contribution is 0.202. The molecule has 2 unspecified atom stereocenters. The summed E-state index contributed by atoms with van der Waals surface area (Å²) >= 11 is 12.3. The van der Waals surface area contributed by atoms with Gasteiger partial charge < -0.3 is 10.2 Å². The number of hydrogen-bond acceptors (Lipinski definition) is 2. The van der Waals surface area contributed by atoms with E-state index in [2.05, 4.69) is 24.2 Å². The Hall–Kier alpha value is -0.280. The SMILES string of the molecule is CCC(NCC1CCCN(C)C1)c1ccc(Cl)cc1Cl. The second kappa shape index (κ2) is 7.65. The minimum atomic E-state index is 0.312. The van der Waals surface area contributed by atoms with Gasteiger partial charge in [-0.3, -0.25) is 0 Å². The van der Waals surface area contributed by atoms with Crippen LogP contribution in [0.2, 0.25) is 10.0 Å². The molecule has 0 bridgehead atoms. The van der Waals surface area contributed by atoms with Gasteiger partial charge in [0.1, 0.15) is 0 Å². The Morgan fingerprint density at radius 3 is 2.85 bits per heavy atom. The number of benzene rings is 1. The van der Waals surface area contributed by atoms with E-state index in [9.17, 15) is 0 Å². The fourth-order valence-electron chi connectivity index (χ4n) is 3.01. The lowest BCUT2D eigenvalue weighted by Gasteiger charge is -2.31. The molecule has 20 heavy (non-hydrogen) atoms. The molecule has 1 heterocycles. The maximum absolute atomic E-state index is 6.32. The molecule has 1 aromatic carbocycles. The van der Waals surface area contributed by atoms with Gasteiger partial charge in [-0.2, -0.15) is 0 Å². The van der Waals surface area contributed by atoms with Crippen LogP contribution in [-0.4, -0.2) is 31.6 Å². The van der Waals surface area contributed by atoms with E-state index in [1.54, 1.807) is 0 Å². The van der Waals surface area contributed by atoms with E-state index >= 15 is 0 Å². The van der Waals surface area contributed by atoms with Crippen LogP contribution in [0.3, 0.4) is 0 Å². The molecule has 0 aliphatic carbocycles. The normalized spacial score (nSPS) is 21.9. The average molecular weight is 315 g/mol. The van der Waals surface area contributed by atoms with Crippen LogP contribution in [0.15, 0.2) is 18.2 Å². The first-order valence-corrected chi connectivity index (χ1v) is 8.22. The molecule has 1 saturated heterocycles. The van der Waals surface area contributed by atoms with Crippen LogP contribution in [-0.2, 0) is 0 Å². The molecule has 0 aromatic heterocycles. The molecular formula is C16H24Cl2N2. The molecular weight excluding hydrogens is 291 g/mol. The summed E-state index contributed by atoms with van der Waals surface area (Å²) in [6.45, 7) is 5.67. The Kier molecular flexibility index (Phi) is 6.16. The van der Waals surface area contributed by atoms with Gasteiger partial charge >= 0.3 is 0 Å². The number of piperidine rings is 1. The third-order valence-corrected chi connectivity index (χ3v) is 4.68. The Balaban J connectivity index is 1.94. The zero-order valence-corrected chi connectivity index (χ0v) is 13.8. The largest absolute Gasteiger partial charge is 0.310 e. The van der Waals surface area contributed by atoms with Gasteiger partial charge in [0, 0.05) is 22.6 Å². The van der Waals surface area contributed by atoms with Crippen molar-refractivity contribution in [1.29, 1.82) is 0 Å². The lowest BCUT2D eigenvalue weighted by Crippen LogP contribution is -2.38. The van der Waals surface area contributed by atoms with Crippen molar-refractivity contribution in [3.8, 4) is 0 Å². The highest BCUT2D eigenvalue weighted by atomic mass is 35.5. The third kappa shape index (κ3) is 4.36. The predicted molar refractivity (Wildman–Crippen MR) is 87.7 cm³/mol. The van der Waals surface area contributed by atoms with Crippen molar-refractivity contribution in [2.45, 2.75) is 32.2 Å². The highest BCUT2D eigenvalue weighted by Crippen LogP contribution is 2.28. The van der Waals surface area contributed by atoms with Crippen molar-refractivity contribution in [3.63, 3.8) is 0 Å². The van der Waals surface area contributed by atoms with Crippen LogP contribution in [0, 0.1) is 5.92 Å². The summed E-state index contributed by atoms with van der Waals surface area (Å²) in [5.74, 6) is 0.744. The van der Waals surface area contributed by atoms with E-state index in [0.717, 1.165) is 29.5 Å². The number of hydrogen-bond donors (Lipinski definition) is 1. The summed E-state index contributed by atoms with van der Waals surface area (Å²) in [4.78, 5) is 2.42. The molecule has 0 spiro atoms. The summed E-state index contributed by atoms with van der Waals surface area (Å²) < 4.78 is 0. The molecule has 1 fully saturated rings. The molecule has 4 heteroatoms. The Morgan fingerprint density at radius 1 is 1.40 bits per heavy atom. The fourth-order valence-corrected chi connectivity index (χ4v) is 3.55. The molecule has 0 radical (unpaired) electrons. The number of halogens is 2. The molecule has 2 rings (SSSR count). The van der Waals surface area contributed by atoms with Crippen LogP contribution < -0.4 is 5.32 Å². The smallest absolute Gasteiger partial charge is 0.0468 e. The van der Waals surface area contributed by atoms with Gasteiger partial charge in [0.05, 0.1) is 0 Å². The van der Waals surface area contributed by atoms with Gasteiger partial charge in [0.2, 0.25) is 0 Å². The Morgan fingerprint density at radius 2 is 2.20 bits per heavy atom. The summed E-state index contributed by atoms with van der Waals surface area (Å²) in [6.07, 6.45) is 3.66. The second-order valence-corrected chi connectivity index (χ2v) is 6.65. The van der Waals surface area contributed by atoms with Crippen LogP contribution in [0.4, 0.5) is 0 Å². The highest BCUT2D eigenvalue weighted by molar-refractivity contribution is 6.35. The minimum Gasteiger partial charge on any atom is -0.310 e. The molecule has 0 amide bonds. The van der Waals surface area contributed by atoms with E-state index in [1.807, 2.05) is 18.2 Å². The van der Waals surface area contributed by atoms with Crippen molar-refractivity contribution in [3.05, 3.63) is 33.8 Å². The Bertz CT molecular complexity index is 436. The van der Waals surface area contributed by atoms with Gasteiger partial charge in [-0.05, 0) is 63.0 Å². The van der Waals surface area contributed by atoms with Crippen molar-refractivity contribution in [2.24, 2.45) is 5.92 Å². The van der Waals surface area contributed by atoms with Gasteiger partial charge in [-0.25, -0.2) is 0 Å². The third-order valence-electron chi connectivity index (χ3n) is 4.12. The first-order chi connectivity index (χ1) is 9.60. The molecule has 112 valence electrons. The van der Waals surface area contributed by atoms with E-state index in [1.165, 1.54) is 25.9 Å². The topological polar surface area (TPSA) is 15.3 Å². The molecule has 0 saturated carbocycles. The van der Waals surface area contributed by atoms with E-state index in [4.69, 9.17) is 23.2 Å². The van der Waals surface area contributed by atoms with Crippen LogP contribution in [0.25, 0.3) is 0 Å². The molecule has 1 aromatic rings. The van der Waals surface area contributed by atoms with E-state index in [0.29, 0.717) is 11.1 Å². The average Bonchev–Trinajstić information content (AvgIpc) is 2.41. The maximum Gasteiger partial charge on any atom is 0.0468 e. The van der Waals surface area contributed by atoms with Crippen molar-refractivity contribution in [1.82, 2.24) is 10.2 Å². The zero-order chi connectivity index (χ0) is 14.5. The highest BCUT2D eigenvalue weighted by Gasteiger charge is 2.19. The molecule has 2 atom stereocenters. The molecule has 1 N–H and O–H groups in total. The van der Waals surface area contributed by atoms with Crippen molar-refractivity contribution >= 4 is 23.2 Å². The van der Waals surface area contributed by atoms with E-state index < -0.39 is 0 Å². The van der Waals surface area contributed by atoms with Gasteiger partial charge in [-0.15, -0.1) is 0 Å². The van der Waals surface area contributed by atoms with Gasteiger partial charge in [-0.1, -0.05) is 36.2 Å². The predicted octanol–water partition coefficient (Wildman–Crippen LogP) is 4.38. The van der Waals surface area contributed by atoms with Crippen molar-refractivity contribution in [2.75, 3.05) is 26.7 Å². The summed E-state index contributed by atoms with van der Waals surface area (Å²) in [7, 11) is 2.21. The number of likely N-dealkylation sites (tertiary alicyclic amines) is 1. The summed E-state index contributed by atoms with van der Waals surface area (Å²) in [5, 5.41) is 5.14. The second-order valence-electron chi connectivity index (χ2n) is 5.81. The molecule has 1 aliphatic rings. The van der Waals surface area contributed by atoms with Crippen LogP contribution >= 0.6 is 23.2 Å². The van der Waals surface area contributed by atoms with Crippen molar-refractivity contribution < 1.29 is 0 Å². The lowest BCUT2D eigenvalue weighted by atomic mass is 9.97. The maximum atomic E-state index is 6.32. The van der Waals surface area contributed by atoms with Gasteiger partial charge in [0.15, 0.2) is 0 Å². The summed E-state index contributed by atoms with van der Waals surface area (Å²) in [6, 6.07) is 6.10. The monoisotopic (exact) mass is 314 g/mol. The number of nitrogens with zero attached hydrogens (tertiary/aromatic N) is 1. The number of rotatable bonds is 5. The standard InChI is InChI=1S/C16H24Cl2N2/c1-3-16(14-7-6-13(17)9-15(14)18)19-10-12-5-4-8-20(2)11-12/h6-7,9,12,16,19H,3-5,8,10-11H2,1-2H3. The quantitative estimate of drug-likeness (QED) is 0.867. The molecule has 1 aliphatic heterocycles. The zero-order valence-electron chi connectivity index (χ0n) is 12.3. The number of nitrogens with one attached hydrogen (secondary N) is 1. The van der Waals surface area contributed by atoms with Gasteiger partial charge in [0.25, 0.3) is 0 Å². The van der Waals surface area contributed by atoms with E-state index in [-0.39, 0.29) is 0 Å². The van der Waals surface area contributed by atoms with Crippen LogP contribution in [0.1, 0.15) is 37.8 Å². The molecule has 2 nitrogen and oxygen atoms in total. The fraction of sp³-hybridized carbons (Fsp3) is 0.625. The minimum absolute atomic E-state index is 0.312. The Labute approximate surface area is 132 Å². The first-order valence-electron chi connectivity index (χ1n) is 7.47.